The first kappa shape index (κ1) is 21.0. The molecule has 29 heavy (non-hydrogen) atoms. The summed E-state index contributed by atoms with van der Waals surface area (Å²) in [4.78, 5) is 13.9. The monoisotopic (exact) mass is 405 g/mol. The second-order valence-electron chi connectivity index (χ2n) is 7.07. The number of aryl methyl sites for hydroxylation is 2. The number of rotatable bonds is 8. The first-order valence-corrected chi connectivity index (χ1v) is 10.9. The van der Waals surface area contributed by atoms with Gasteiger partial charge in [-0.25, -0.2) is 0 Å². The molecule has 0 heterocycles. The first-order chi connectivity index (χ1) is 14.0. The molecule has 0 saturated heterocycles. The number of carbonyl (C=O) groups is 1. The molecule has 4 heteroatoms. The van der Waals surface area contributed by atoms with Crippen molar-refractivity contribution in [3.8, 4) is 5.75 Å². The Balaban J connectivity index is 1.57. The Bertz CT molecular complexity index is 939. The summed E-state index contributed by atoms with van der Waals surface area (Å²) in [5, 5.41) is 2.97. The van der Waals surface area contributed by atoms with Gasteiger partial charge in [0.15, 0.2) is 6.10 Å². The summed E-state index contributed by atoms with van der Waals surface area (Å²) in [7, 11) is 0. The van der Waals surface area contributed by atoms with Gasteiger partial charge in [0.2, 0.25) is 0 Å². The van der Waals surface area contributed by atoms with Crippen LogP contribution in [-0.2, 0) is 10.5 Å². The molecule has 1 amide bonds. The maximum absolute atomic E-state index is 12.7. The van der Waals surface area contributed by atoms with E-state index in [2.05, 4.69) is 35.6 Å². The fourth-order valence-corrected chi connectivity index (χ4v) is 3.87. The number of anilines is 1. The van der Waals surface area contributed by atoms with Crippen LogP contribution in [-0.4, -0.2) is 12.0 Å². The number of carbonyl (C=O) groups excluding carboxylic acids is 1. The van der Waals surface area contributed by atoms with Crippen molar-refractivity contribution in [1.29, 1.82) is 0 Å². The van der Waals surface area contributed by atoms with Gasteiger partial charge < -0.3 is 10.1 Å². The summed E-state index contributed by atoms with van der Waals surface area (Å²) in [5.74, 6) is 1.52. The Morgan fingerprint density at radius 3 is 2.38 bits per heavy atom. The Kier molecular flexibility index (Phi) is 7.36. The lowest BCUT2D eigenvalue weighted by Gasteiger charge is -2.19. The molecule has 0 spiro atoms. The van der Waals surface area contributed by atoms with E-state index >= 15 is 0 Å². The molecule has 0 aliphatic rings. The van der Waals surface area contributed by atoms with E-state index in [1.807, 2.05) is 63.2 Å². The second-order valence-corrected chi connectivity index (χ2v) is 8.12. The minimum absolute atomic E-state index is 0.126. The van der Waals surface area contributed by atoms with Crippen molar-refractivity contribution in [3.05, 3.63) is 89.5 Å². The third-order valence-corrected chi connectivity index (χ3v) is 5.72. The van der Waals surface area contributed by atoms with Gasteiger partial charge in [-0.3, -0.25) is 4.79 Å². The Morgan fingerprint density at radius 2 is 1.72 bits per heavy atom. The van der Waals surface area contributed by atoms with Crippen LogP contribution >= 0.6 is 11.8 Å². The number of hydrogen-bond acceptors (Lipinski definition) is 3. The number of ether oxygens (including phenoxy) is 1. The van der Waals surface area contributed by atoms with E-state index in [9.17, 15) is 4.79 Å². The molecule has 0 unspecified atom stereocenters. The summed E-state index contributed by atoms with van der Waals surface area (Å²) in [6.45, 7) is 6.00. The van der Waals surface area contributed by atoms with Crippen molar-refractivity contribution >= 4 is 23.4 Å². The van der Waals surface area contributed by atoms with Crippen molar-refractivity contribution < 1.29 is 9.53 Å². The molecule has 0 saturated carbocycles. The van der Waals surface area contributed by atoms with Gasteiger partial charge in [0.25, 0.3) is 5.91 Å². The fourth-order valence-electron chi connectivity index (χ4n) is 3.00. The number of nitrogens with one attached hydrogen (secondary N) is 1. The van der Waals surface area contributed by atoms with Crippen LogP contribution < -0.4 is 10.1 Å². The highest BCUT2D eigenvalue weighted by Gasteiger charge is 2.19. The first-order valence-electron chi connectivity index (χ1n) is 9.86. The summed E-state index contributed by atoms with van der Waals surface area (Å²) in [6.07, 6.45) is 0.0787. The zero-order valence-corrected chi connectivity index (χ0v) is 18.0. The van der Waals surface area contributed by atoms with E-state index in [0.717, 1.165) is 22.8 Å². The Morgan fingerprint density at radius 1 is 1.00 bits per heavy atom. The largest absolute Gasteiger partial charge is 0.480 e. The fraction of sp³-hybridized carbons (Fsp3) is 0.240. The van der Waals surface area contributed by atoms with Crippen molar-refractivity contribution in [3.63, 3.8) is 0 Å². The molecule has 0 aliphatic heterocycles. The average molecular weight is 406 g/mol. The Hall–Kier alpha value is -2.72. The maximum Gasteiger partial charge on any atom is 0.265 e. The quantitative estimate of drug-likeness (QED) is 0.441. The van der Waals surface area contributed by atoms with Gasteiger partial charge in [-0.15, -0.1) is 11.8 Å². The second kappa shape index (κ2) is 10.2. The molecular formula is C25H27NO2S. The molecule has 0 fully saturated rings. The highest BCUT2D eigenvalue weighted by molar-refractivity contribution is 7.98. The summed E-state index contributed by atoms with van der Waals surface area (Å²) in [6, 6.07) is 24.3. The average Bonchev–Trinajstić information content (AvgIpc) is 2.73. The van der Waals surface area contributed by atoms with Crippen molar-refractivity contribution in [2.45, 2.75) is 43.9 Å². The number of amides is 1. The van der Waals surface area contributed by atoms with Crippen molar-refractivity contribution in [2.75, 3.05) is 5.32 Å². The van der Waals surface area contributed by atoms with Gasteiger partial charge in [0, 0.05) is 16.3 Å². The zero-order chi connectivity index (χ0) is 20.6. The van der Waals surface area contributed by atoms with Gasteiger partial charge in [-0.2, -0.15) is 0 Å². The lowest BCUT2D eigenvalue weighted by atomic mass is 10.1. The lowest BCUT2D eigenvalue weighted by molar-refractivity contribution is -0.122. The van der Waals surface area contributed by atoms with Crippen LogP contribution in [0.15, 0.2) is 77.7 Å². The smallest absolute Gasteiger partial charge is 0.265 e. The highest BCUT2D eigenvalue weighted by atomic mass is 32.2. The molecule has 0 radical (unpaired) electrons. The van der Waals surface area contributed by atoms with Crippen molar-refractivity contribution in [1.82, 2.24) is 0 Å². The van der Waals surface area contributed by atoms with Gasteiger partial charge in [0.1, 0.15) is 5.75 Å². The van der Waals surface area contributed by atoms with Gasteiger partial charge in [0.05, 0.1) is 0 Å². The van der Waals surface area contributed by atoms with E-state index in [-0.39, 0.29) is 5.91 Å². The van der Waals surface area contributed by atoms with E-state index < -0.39 is 6.10 Å². The number of hydrogen-bond donors (Lipinski definition) is 1. The molecular weight excluding hydrogens is 378 g/mol. The van der Waals surface area contributed by atoms with Crippen LogP contribution in [0.4, 0.5) is 5.69 Å². The minimum atomic E-state index is -0.523. The molecule has 3 nitrogen and oxygen atoms in total. The SMILES string of the molecule is CC[C@@H](Oc1ccc(C)cc1C)C(=O)Nc1ccc(CSc2ccccc2)cc1. The van der Waals surface area contributed by atoms with Crippen LogP contribution in [0.3, 0.4) is 0 Å². The molecule has 0 bridgehead atoms. The molecule has 1 N–H and O–H groups in total. The van der Waals surface area contributed by atoms with Gasteiger partial charge >= 0.3 is 0 Å². The Labute approximate surface area is 177 Å². The highest BCUT2D eigenvalue weighted by Crippen LogP contribution is 2.24. The van der Waals surface area contributed by atoms with E-state index in [0.29, 0.717) is 6.42 Å². The van der Waals surface area contributed by atoms with Crippen molar-refractivity contribution in [2.24, 2.45) is 0 Å². The van der Waals surface area contributed by atoms with E-state index in [1.54, 1.807) is 11.8 Å². The van der Waals surface area contributed by atoms with Crippen LogP contribution in [0, 0.1) is 13.8 Å². The molecule has 3 aromatic rings. The van der Waals surface area contributed by atoms with Gasteiger partial charge in [-0.05, 0) is 61.7 Å². The lowest BCUT2D eigenvalue weighted by Crippen LogP contribution is -2.32. The van der Waals surface area contributed by atoms with Crippen LogP contribution in [0.2, 0.25) is 0 Å². The summed E-state index contributed by atoms with van der Waals surface area (Å²) < 4.78 is 5.98. The number of thioether (sulfide) groups is 1. The standard InChI is InChI=1S/C25H27NO2S/c1-4-23(28-24-15-10-18(2)16-19(24)3)25(27)26-21-13-11-20(12-14-21)17-29-22-8-6-5-7-9-22/h5-16,23H,4,17H2,1-3H3,(H,26,27)/t23-/m1/s1. The van der Waals surface area contributed by atoms with Crippen LogP contribution in [0.5, 0.6) is 5.75 Å². The zero-order valence-electron chi connectivity index (χ0n) is 17.1. The predicted molar refractivity (Wildman–Crippen MR) is 122 cm³/mol. The molecule has 0 aromatic heterocycles. The molecule has 0 aliphatic carbocycles. The third kappa shape index (κ3) is 6.13. The van der Waals surface area contributed by atoms with Crippen LogP contribution in [0.25, 0.3) is 0 Å². The third-order valence-electron chi connectivity index (χ3n) is 4.63. The molecule has 3 aromatic carbocycles. The van der Waals surface area contributed by atoms with E-state index in [1.165, 1.54) is 16.0 Å². The number of benzene rings is 3. The predicted octanol–water partition coefficient (Wildman–Crippen LogP) is 6.39. The summed E-state index contributed by atoms with van der Waals surface area (Å²) >= 11 is 1.80. The van der Waals surface area contributed by atoms with E-state index in [4.69, 9.17) is 4.74 Å². The van der Waals surface area contributed by atoms with Gasteiger partial charge in [-0.1, -0.05) is 55.0 Å². The molecule has 3 rings (SSSR count). The maximum atomic E-state index is 12.7. The summed E-state index contributed by atoms with van der Waals surface area (Å²) in [5.41, 5.74) is 4.22. The topological polar surface area (TPSA) is 38.3 Å². The normalized spacial score (nSPS) is 11.7. The van der Waals surface area contributed by atoms with Crippen LogP contribution in [0.1, 0.15) is 30.0 Å². The minimum Gasteiger partial charge on any atom is -0.480 e. The molecule has 1 atom stereocenters. The molecule has 150 valence electrons.